The molecule has 3 aliphatic rings. The Bertz CT molecular complexity index is 1040. The minimum absolute atomic E-state index is 0.186. The first-order chi connectivity index (χ1) is 14.9. The van der Waals surface area contributed by atoms with Crippen molar-refractivity contribution >= 4 is 23.2 Å². The van der Waals surface area contributed by atoms with Gasteiger partial charge >= 0.3 is 5.70 Å². The number of hydrogen-bond donors (Lipinski definition) is 0. The summed E-state index contributed by atoms with van der Waals surface area (Å²) in [6.07, 6.45) is 14.3. The molecule has 0 fully saturated rings. The number of carbonyl (C=O) groups excluding carboxylic acids is 1. The zero-order valence-corrected chi connectivity index (χ0v) is 18.9. The van der Waals surface area contributed by atoms with Crippen molar-refractivity contribution in [2.24, 2.45) is 5.10 Å². The number of allylic oxidation sites excluding steroid dienone is 8. The van der Waals surface area contributed by atoms with Crippen LogP contribution in [0.1, 0.15) is 47.0 Å². The van der Waals surface area contributed by atoms with Crippen LogP contribution in [0.25, 0.3) is 0 Å². The van der Waals surface area contributed by atoms with Crippen molar-refractivity contribution in [1.29, 1.82) is 0 Å². The van der Waals surface area contributed by atoms with E-state index in [1.54, 1.807) is 0 Å². The van der Waals surface area contributed by atoms with E-state index in [9.17, 15) is 14.9 Å². The molecule has 3 rings (SSSR count). The Morgan fingerprint density at radius 3 is 2.58 bits per heavy atom. The summed E-state index contributed by atoms with van der Waals surface area (Å²) in [5.74, 6) is -0.364. The molecule has 1 atom stereocenters. The van der Waals surface area contributed by atoms with Crippen molar-refractivity contribution in [3.63, 3.8) is 0 Å². The number of amides is 1. The summed E-state index contributed by atoms with van der Waals surface area (Å²) in [5.41, 5.74) is 7.85. The maximum absolute atomic E-state index is 13.1. The van der Waals surface area contributed by atoms with Gasteiger partial charge in [0.2, 0.25) is 0 Å². The van der Waals surface area contributed by atoms with E-state index >= 15 is 0 Å². The van der Waals surface area contributed by atoms with Crippen molar-refractivity contribution in [2.45, 2.75) is 53.0 Å². The standard InChI is InChI=1S/C22H20ClN3O3.C2H6/c1-3-4-5-15(2)20-14-21(16-6-10-18(23)11-7-16)25(24-20)22(27)17-8-12-19(13-9-17)26(28)29;1-2/h3-6,8,10,12,21H,7,11,14H2,1-2H3;1-2H3/b4-3-,15-5+;. The van der Waals surface area contributed by atoms with Crippen molar-refractivity contribution in [1.82, 2.24) is 5.01 Å². The van der Waals surface area contributed by atoms with Crippen LogP contribution in [0.3, 0.4) is 0 Å². The lowest BCUT2D eigenvalue weighted by Crippen LogP contribution is -2.35. The Morgan fingerprint density at radius 1 is 1.29 bits per heavy atom. The molecule has 0 spiro atoms. The molecule has 6 nitrogen and oxygen atoms in total. The average Bonchev–Trinajstić information content (AvgIpc) is 3.24. The third-order valence-electron chi connectivity index (χ3n) is 4.83. The SMILES string of the molecule is C/C=C\C=C(/C)C1=NN(C(=O)C2=C=C=C([N+](=O)[O-])C=C2)C(C2=CC=C(Cl)CC2)C1.CC. The highest BCUT2D eigenvalue weighted by Gasteiger charge is 2.35. The first-order valence-electron chi connectivity index (χ1n) is 10.2. The van der Waals surface area contributed by atoms with E-state index in [1.807, 2.05) is 58.1 Å². The van der Waals surface area contributed by atoms with E-state index in [-0.39, 0.29) is 23.2 Å². The van der Waals surface area contributed by atoms with Gasteiger partial charge in [0.05, 0.1) is 22.2 Å². The summed E-state index contributed by atoms with van der Waals surface area (Å²) >= 11 is 6.09. The van der Waals surface area contributed by atoms with Gasteiger partial charge < -0.3 is 0 Å². The Balaban J connectivity index is 0.00000166. The van der Waals surface area contributed by atoms with Crippen molar-refractivity contribution in [2.75, 3.05) is 0 Å². The van der Waals surface area contributed by atoms with Crippen LogP contribution < -0.4 is 0 Å². The lowest BCUT2D eigenvalue weighted by molar-refractivity contribution is -0.418. The molecule has 0 aromatic rings. The van der Waals surface area contributed by atoms with E-state index in [4.69, 9.17) is 11.6 Å². The first kappa shape index (κ1) is 24.1. The van der Waals surface area contributed by atoms with E-state index in [2.05, 4.69) is 16.6 Å². The quantitative estimate of drug-likeness (QED) is 0.237. The average molecular weight is 440 g/mol. The second-order valence-electron chi connectivity index (χ2n) is 6.79. The van der Waals surface area contributed by atoms with Crippen LogP contribution in [-0.2, 0) is 4.79 Å². The molecule has 0 aromatic heterocycles. The molecule has 1 aliphatic heterocycles. The smallest absolute Gasteiger partial charge is 0.266 e. The maximum atomic E-state index is 13.1. The molecule has 31 heavy (non-hydrogen) atoms. The van der Waals surface area contributed by atoms with Crippen LogP contribution in [-0.4, -0.2) is 27.6 Å². The summed E-state index contributed by atoms with van der Waals surface area (Å²) in [5, 5.41) is 17.7. The highest BCUT2D eigenvalue weighted by atomic mass is 35.5. The summed E-state index contributed by atoms with van der Waals surface area (Å²) in [6, 6.07) is -0.226. The Labute approximate surface area is 187 Å². The highest BCUT2D eigenvalue weighted by molar-refractivity contribution is 6.29. The summed E-state index contributed by atoms with van der Waals surface area (Å²) in [6.45, 7) is 7.89. The second kappa shape index (κ2) is 11.3. The van der Waals surface area contributed by atoms with Crippen LogP contribution in [0.15, 0.2) is 86.5 Å². The minimum atomic E-state index is -0.571. The monoisotopic (exact) mass is 439 g/mol. The normalized spacial score (nSPS) is 20.4. The van der Waals surface area contributed by atoms with Crippen LogP contribution in [0.2, 0.25) is 0 Å². The van der Waals surface area contributed by atoms with Crippen molar-refractivity contribution in [3.05, 3.63) is 91.6 Å². The molecule has 0 saturated heterocycles. The van der Waals surface area contributed by atoms with E-state index < -0.39 is 4.92 Å². The molecule has 7 heteroatoms. The zero-order chi connectivity index (χ0) is 23.0. The van der Waals surface area contributed by atoms with Gasteiger partial charge in [0.15, 0.2) is 0 Å². The van der Waals surface area contributed by atoms with Gasteiger partial charge in [-0.15, -0.1) is 0 Å². The molecule has 0 radical (unpaired) electrons. The molecule has 1 heterocycles. The Kier molecular flexibility index (Phi) is 8.77. The van der Waals surface area contributed by atoms with Gasteiger partial charge in [-0.25, -0.2) is 5.01 Å². The van der Waals surface area contributed by atoms with Gasteiger partial charge in [-0.3, -0.25) is 14.9 Å². The molecule has 0 bridgehead atoms. The van der Waals surface area contributed by atoms with E-state index in [0.29, 0.717) is 6.42 Å². The van der Waals surface area contributed by atoms with Crippen LogP contribution in [0.5, 0.6) is 0 Å². The molecule has 0 aromatic carbocycles. The fourth-order valence-corrected chi connectivity index (χ4v) is 3.36. The molecule has 162 valence electrons. The van der Waals surface area contributed by atoms with Crippen molar-refractivity contribution in [3.8, 4) is 0 Å². The molecule has 1 amide bonds. The third-order valence-corrected chi connectivity index (χ3v) is 5.15. The number of nitrogens with zero attached hydrogens (tertiary/aromatic N) is 3. The molecule has 2 aliphatic carbocycles. The van der Waals surface area contributed by atoms with Gasteiger partial charge in [-0.2, -0.15) is 5.10 Å². The van der Waals surface area contributed by atoms with Crippen LogP contribution in [0.4, 0.5) is 0 Å². The lowest BCUT2D eigenvalue weighted by Gasteiger charge is -2.25. The van der Waals surface area contributed by atoms with Gasteiger partial charge in [-0.1, -0.05) is 49.8 Å². The Morgan fingerprint density at radius 2 is 2.03 bits per heavy atom. The molecular weight excluding hydrogens is 414 g/mol. The van der Waals surface area contributed by atoms with Gasteiger partial charge in [0.25, 0.3) is 5.91 Å². The number of nitro groups is 1. The summed E-state index contributed by atoms with van der Waals surface area (Å²) < 4.78 is 0. The molecule has 0 saturated carbocycles. The fourth-order valence-electron chi connectivity index (χ4n) is 3.20. The van der Waals surface area contributed by atoms with Gasteiger partial charge in [0.1, 0.15) is 0 Å². The Hall–Kier alpha value is -3.17. The highest BCUT2D eigenvalue weighted by Crippen LogP contribution is 2.32. The lowest BCUT2D eigenvalue weighted by atomic mass is 9.92. The van der Waals surface area contributed by atoms with E-state index in [0.717, 1.165) is 34.7 Å². The molecular formula is C24H26ClN3O3. The topological polar surface area (TPSA) is 75.8 Å². The van der Waals surface area contributed by atoms with Gasteiger partial charge in [-0.05, 0) is 55.7 Å². The fraction of sp³-hybridized carbons (Fsp3) is 0.333. The van der Waals surface area contributed by atoms with Gasteiger partial charge in [0, 0.05) is 23.3 Å². The molecule has 0 N–H and O–H groups in total. The summed E-state index contributed by atoms with van der Waals surface area (Å²) in [7, 11) is 0. The van der Waals surface area contributed by atoms with Crippen molar-refractivity contribution < 1.29 is 9.72 Å². The summed E-state index contributed by atoms with van der Waals surface area (Å²) in [4.78, 5) is 23.4. The number of rotatable bonds is 5. The predicted molar refractivity (Wildman–Crippen MR) is 124 cm³/mol. The number of hydrogen-bond acceptors (Lipinski definition) is 4. The second-order valence-corrected chi connectivity index (χ2v) is 7.27. The number of carbonyl (C=O) groups is 1. The van der Waals surface area contributed by atoms with E-state index in [1.165, 1.54) is 17.2 Å². The van der Waals surface area contributed by atoms with Crippen LogP contribution >= 0.6 is 11.6 Å². The minimum Gasteiger partial charge on any atom is -0.266 e. The third kappa shape index (κ3) is 5.93. The van der Waals surface area contributed by atoms with Crippen LogP contribution in [0, 0.1) is 10.1 Å². The molecule has 1 unspecified atom stereocenters. The predicted octanol–water partition coefficient (Wildman–Crippen LogP) is 5.75. The first-order valence-corrected chi connectivity index (χ1v) is 10.6. The number of halogens is 1. The maximum Gasteiger partial charge on any atom is 0.319 e. The largest absolute Gasteiger partial charge is 0.319 e. The zero-order valence-electron chi connectivity index (χ0n) is 18.2. The number of hydrazone groups is 1.